The highest BCUT2D eigenvalue weighted by atomic mass is 32.2. The van der Waals surface area contributed by atoms with Crippen LogP contribution in [0.15, 0.2) is 35.5 Å². The number of ether oxygens (including phenoxy) is 1. The first-order valence-corrected chi connectivity index (χ1v) is 11.3. The smallest absolute Gasteiger partial charge is 0.191 e. The number of rotatable bonds is 10. The van der Waals surface area contributed by atoms with Crippen LogP contribution in [0.2, 0.25) is 0 Å². The fourth-order valence-electron chi connectivity index (χ4n) is 3.27. The quantitative estimate of drug-likeness (QED) is 0.365. The van der Waals surface area contributed by atoms with Crippen molar-refractivity contribution in [1.29, 1.82) is 0 Å². The number of hydrogen-bond donors (Lipinski definition) is 1. The minimum atomic E-state index is 0.0924. The first-order valence-electron chi connectivity index (χ1n) is 10.3. The van der Waals surface area contributed by atoms with Crippen LogP contribution >= 0.6 is 11.8 Å². The number of aromatic nitrogens is 4. The van der Waals surface area contributed by atoms with Crippen LogP contribution in [0.3, 0.4) is 0 Å². The highest BCUT2D eigenvalue weighted by molar-refractivity contribution is 7.99. The summed E-state index contributed by atoms with van der Waals surface area (Å²) >= 11 is 1.43. The summed E-state index contributed by atoms with van der Waals surface area (Å²) in [5.74, 6) is 2.43. The van der Waals surface area contributed by atoms with Crippen molar-refractivity contribution in [3.63, 3.8) is 0 Å². The molecule has 0 amide bonds. The van der Waals surface area contributed by atoms with E-state index in [0.717, 1.165) is 46.6 Å². The molecule has 30 heavy (non-hydrogen) atoms. The molecule has 3 aromatic rings. The van der Waals surface area contributed by atoms with Crippen molar-refractivity contribution in [2.75, 3.05) is 5.75 Å². The van der Waals surface area contributed by atoms with Gasteiger partial charge in [-0.15, -0.1) is 10.2 Å². The van der Waals surface area contributed by atoms with Gasteiger partial charge in [-0.05, 0) is 49.9 Å². The summed E-state index contributed by atoms with van der Waals surface area (Å²) in [6.07, 6.45) is 1.00. The molecule has 6 nitrogen and oxygen atoms in total. The van der Waals surface area contributed by atoms with Gasteiger partial charge < -0.3 is 14.3 Å². The third-order valence-corrected chi connectivity index (χ3v) is 5.79. The molecular weight excluding hydrogens is 396 g/mol. The van der Waals surface area contributed by atoms with Crippen LogP contribution < -0.4 is 4.74 Å². The lowest BCUT2D eigenvalue weighted by molar-refractivity contribution is 0.102. The number of thioether (sulfide) groups is 1. The second-order valence-corrected chi connectivity index (χ2v) is 8.83. The molecule has 0 aliphatic carbocycles. The Balaban J connectivity index is 1.69. The molecule has 0 bridgehead atoms. The number of aryl methyl sites for hydroxylation is 3. The number of nitrogens with one attached hydrogen (secondary N) is 1. The van der Waals surface area contributed by atoms with Gasteiger partial charge in [0.05, 0.1) is 5.75 Å². The number of hydrogen-bond acceptors (Lipinski definition) is 5. The van der Waals surface area contributed by atoms with E-state index in [0.29, 0.717) is 18.3 Å². The molecule has 0 fully saturated rings. The van der Waals surface area contributed by atoms with Crippen molar-refractivity contribution >= 4 is 17.5 Å². The number of Topliss-reactive ketones (excluding diaryl/α,β-unsaturated/α-hetero) is 1. The summed E-state index contributed by atoms with van der Waals surface area (Å²) in [5.41, 5.74) is 3.93. The van der Waals surface area contributed by atoms with Crippen molar-refractivity contribution in [2.24, 2.45) is 5.92 Å². The maximum Gasteiger partial charge on any atom is 0.191 e. The largest absolute Gasteiger partial charge is 0.486 e. The van der Waals surface area contributed by atoms with E-state index < -0.39 is 0 Å². The number of aromatic amines is 1. The van der Waals surface area contributed by atoms with Gasteiger partial charge in [0.2, 0.25) is 0 Å². The Morgan fingerprint density at radius 1 is 1.20 bits per heavy atom. The predicted molar refractivity (Wildman–Crippen MR) is 120 cm³/mol. The third kappa shape index (κ3) is 5.53. The molecule has 1 aromatic carbocycles. The maximum atomic E-state index is 12.6. The van der Waals surface area contributed by atoms with Gasteiger partial charge in [-0.25, -0.2) is 0 Å². The first-order chi connectivity index (χ1) is 14.4. The van der Waals surface area contributed by atoms with Gasteiger partial charge in [-0.3, -0.25) is 4.79 Å². The summed E-state index contributed by atoms with van der Waals surface area (Å²) in [6, 6.07) is 10.0. The number of ketones is 1. The Kier molecular flexibility index (Phi) is 7.37. The average Bonchev–Trinajstić information content (AvgIpc) is 3.26. The molecule has 0 aliphatic heterocycles. The second-order valence-electron chi connectivity index (χ2n) is 7.89. The zero-order valence-corrected chi connectivity index (χ0v) is 19.2. The number of carbonyl (C=O) groups excluding carboxylic acids is 1. The fourth-order valence-corrected chi connectivity index (χ4v) is 4.12. The number of carbonyl (C=O) groups is 1. The van der Waals surface area contributed by atoms with E-state index >= 15 is 0 Å². The summed E-state index contributed by atoms with van der Waals surface area (Å²) in [5, 5.41) is 9.43. The van der Waals surface area contributed by atoms with Gasteiger partial charge in [-0.2, -0.15) is 0 Å². The summed E-state index contributed by atoms with van der Waals surface area (Å²) < 4.78 is 8.00. The van der Waals surface area contributed by atoms with E-state index in [9.17, 15) is 4.79 Å². The lowest BCUT2D eigenvalue weighted by Gasteiger charge is -2.13. The summed E-state index contributed by atoms with van der Waals surface area (Å²) in [4.78, 5) is 15.8. The lowest BCUT2D eigenvalue weighted by Crippen LogP contribution is -2.13. The Bertz CT molecular complexity index is 989. The van der Waals surface area contributed by atoms with Crippen molar-refractivity contribution in [1.82, 2.24) is 19.7 Å². The van der Waals surface area contributed by atoms with Gasteiger partial charge in [-0.1, -0.05) is 44.7 Å². The van der Waals surface area contributed by atoms with Crippen LogP contribution in [-0.4, -0.2) is 31.3 Å². The Labute approximate surface area is 182 Å². The third-order valence-electron chi connectivity index (χ3n) is 4.82. The van der Waals surface area contributed by atoms with E-state index in [2.05, 4.69) is 52.7 Å². The van der Waals surface area contributed by atoms with Crippen LogP contribution in [0.5, 0.6) is 5.75 Å². The Hall–Kier alpha value is -2.54. The minimum absolute atomic E-state index is 0.0924. The van der Waals surface area contributed by atoms with Crippen molar-refractivity contribution in [3.8, 4) is 5.75 Å². The van der Waals surface area contributed by atoms with Crippen molar-refractivity contribution < 1.29 is 9.53 Å². The maximum absolute atomic E-state index is 12.6. The molecule has 1 N–H and O–H groups in total. The molecule has 2 heterocycles. The second kappa shape index (κ2) is 9.98. The van der Waals surface area contributed by atoms with Crippen molar-refractivity contribution in [2.45, 2.75) is 59.3 Å². The van der Waals surface area contributed by atoms with E-state index in [1.165, 1.54) is 17.3 Å². The van der Waals surface area contributed by atoms with Gasteiger partial charge in [0, 0.05) is 23.5 Å². The lowest BCUT2D eigenvalue weighted by atomic mass is 10.2. The molecule has 7 heteroatoms. The molecule has 0 spiro atoms. The molecular formula is C23H30N4O2S. The topological polar surface area (TPSA) is 72.8 Å². The number of H-pyrrole nitrogens is 1. The van der Waals surface area contributed by atoms with Gasteiger partial charge in [0.25, 0.3) is 0 Å². The molecule has 0 radical (unpaired) electrons. The SMILES string of the molecule is CCc1ccc(OCc2nnc(SCC(=O)c3cc(C)[nH]c3C)n2CC(C)C)cc1. The van der Waals surface area contributed by atoms with Crippen LogP contribution in [0.25, 0.3) is 0 Å². The minimum Gasteiger partial charge on any atom is -0.486 e. The molecule has 0 aliphatic rings. The average molecular weight is 427 g/mol. The van der Waals surface area contributed by atoms with Crippen LogP contribution in [0.4, 0.5) is 0 Å². The molecule has 0 unspecified atom stereocenters. The normalized spacial score (nSPS) is 11.3. The van der Waals surface area contributed by atoms with Crippen molar-refractivity contribution in [3.05, 3.63) is 58.7 Å². The highest BCUT2D eigenvalue weighted by Gasteiger charge is 2.18. The number of nitrogens with zero attached hydrogens (tertiary/aromatic N) is 3. The van der Waals surface area contributed by atoms with Gasteiger partial charge in [0.15, 0.2) is 16.8 Å². The summed E-state index contributed by atoms with van der Waals surface area (Å²) in [6.45, 7) is 11.4. The zero-order chi connectivity index (χ0) is 21.7. The van der Waals surface area contributed by atoms with Crippen LogP contribution in [0.1, 0.15) is 53.9 Å². The molecule has 160 valence electrons. The predicted octanol–water partition coefficient (Wildman–Crippen LogP) is 5.00. The molecule has 2 aromatic heterocycles. The van der Waals surface area contributed by atoms with E-state index in [4.69, 9.17) is 4.74 Å². The summed E-state index contributed by atoms with van der Waals surface area (Å²) in [7, 11) is 0. The molecule has 0 saturated carbocycles. The van der Waals surface area contributed by atoms with E-state index in [-0.39, 0.29) is 5.78 Å². The van der Waals surface area contributed by atoms with Gasteiger partial charge in [0.1, 0.15) is 12.4 Å². The highest BCUT2D eigenvalue weighted by Crippen LogP contribution is 2.22. The standard InChI is InChI=1S/C23H30N4O2S/c1-6-18-7-9-19(10-8-18)29-13-22-25-26-23(27(22)12-15(2)3)30-14-21(28)20-11-16(4)24-17(20)5/h7-11,15,24H,6,12-14H2,1-5H3. The Morgan fingerprint density at radius 3 is 2.53 bits per heavy atom. The van der Waals surface area contributed by atoms with Crippen LogP contribution in [-0.2, 0) is 19.6 Å². The zero-order valence-electron chi connectivity index (χ0n) is 18.4. The molecule has 0 saturated heterocycles. The molecule has 3 rings (SSSR count). The fraction of sp³-hybridized carbons (Fsp3) is 0.435. The van der Waals surface area contributed by atoms with Crippen LogP contribution in [0, 0.1) is 19.8 Å². The monoisotopic (exact) mass is 426 g/mol. The molecule has 0 atom stereocenters. The number of benzene rings is 1. The van der Waals surface area contributed by atoms with Gasteiger partial charge >= 0.3 is 0 Å². The Morgan fingerprint density at radius 2 is 1.93 bits per heavy atom. The van der Waals surface area contributed by atoms with E-state index in [1.807, 2.05) is 32.0 Å². The van der Waals surface area contributed by atoms with E-state index in [1.54, 1.807) is 0 Å². The first kappa shape index (κ1) is 22.2.